The van der Waals surface area contributed by atoms with Gasteiger partial charge >= 0.3 is 0 Å². The van der Waals surface area contributed by atoms with Crippen LogP contribution in [0.15, 0.2) is 4.42 Å². The lowest BCUT2D eigenvalue weighted by Crippen LogP contribution is -2.21. The van der Waals surface area contributed by atoms with Crippen molar-refractivity contribution >= 4 is 0 Å². The Morgan fingerprint density at radius 1 is 1.35 bits per heavy atom. The highest BCUT2D eigenvalue weighted by atomic mass is 16.4. The van der Waals surface area contributed by atoms with Crippen LogP contribution in [0.4, 0.5) is 0 Å². The van der Waals surface area contributed by atoms with Gasteiger partial charge in [0.15, 0.2) is 0 Å². The topological polar surface area (TPSA) is 51.0 Å². The molecule has 1 fully saturated rings. The molecule has 2 atom stereocenters. The van der Waals surface area contributed by atoms with Crippen molar-refractivity contribution in [2.75, 3.05) is 6.54 Å². The van der Waals surface area contributed by atoms with E-state index in [2.05, 4.69) is 22.4 Å². The van der Waals surface area contributed by atoms with Crippen LogP contribution in [0.3, 0.4) is 0 Å². The molecule has 17 heavy (non-hydrogen) atoms. The molecule has 0 amide bonds. The van der Waals surface area contributed by atoms with Gasteiger partial charge in [-0.25, -0.2) is 0 Å². The third-order valence-corrected chi connectivity index (χ3v) is 3.62. The first-order chi connectivity index (χ1) is 8.24. The van der Waals surface area contributed by atoms with Gasteiger partial charge in [0.1, 0.15) is 0 Å². The molecule has 2 rings (SSSR count). The molecule has 1 aromatic rings. The summed E-state index contributed by atoms with van der Waals surface area (Å²) in [5.41, 5.74) is 0. The monoisotopic (exact) mass is 237 g/mol. The van der Waals surface area contributed by atoms with Gasteiger partial charge in [-0.2, -0.15) is 0 Å². The van der Waals surface area contributed by atoms with Crippen molar-refractivity contribution in [3.63, 3.8) is 0 Å². The molecule has 4 nitrogen and oxygen atoms in total. The summed E-state index contributed by atoms with van der Waals surface area (Å²) in [4.78, 5) is 0. The van der Waals surface area contributed by atoms with Crippen LogP contribution in [-0.4, -0.2) is 16.7 Å². The van der Waals surface area contributed by atoms with E-state index in [1.54, 1.807) is 0 Å². The second kappa shape index (κ2) is 6.15. The average Bonchev–Trinajstić information content (AvgIpc) is 2.71. The molecular weight excluding hydrogens is 214 g/mol. The summed E-state index contributed by atoms with van der Waals surface area (Å²) in [6.07, 6.45) is 6.92. The van der Waals surface area contributed by atoms with Crippen molar-refractivity contribution in [2.45, 2.75) is 52.5 Å². The van der Waals surface area contributed by atoms with Crippen molar-refractivity contribution in [3.8, 4) is 0 Å². The number of aryl methyl sites for hydroxylation is 1. The minimum Gasteiger partial charge on any atom is -0.424 e. The molecular formula is C13H23N3O. The zero-order valence-electron chi connectivity index (χ0n) is 10.9. The SMILES string of the molecule is Cc1nnc(CNCCC2CCCC(C)C2)o1. The molecule has 1 heterocycles. The molecule has 0 spiro atoms. The largest absolute Gasteiger partial charge is 0.424 e. The van der Waals surface area contributed by atoms with E-state index in [1.807, 2.05) is 6.92 Å². The second-order valence-corrected chi connectivity index (χ2v) is 5.32. The molecule has 0 aromatic carbocycles. The van der Waals surface area contributed by atoms with Gasteiger partial charge < -0.3 is 9.73 Å². The van der Waals surface area contributed by atoms with E-state index in [4.69, 9.17) is 4.42 Å². The Labute approximate surface area is 103 Å². The fourth-order valence-corrected chi connectivity index (χ4v) is 2.73. The highest BCUT2D eigenvalue weighted by molar-refractivity contribution is 4.78. The minimum atomic E-state index is 0.642. The van der Waals surface area contributed by atoms with Crippen LogP contribution in [0.1, 0.15) is 50.8 Å². The van der Waals surface area contributed by atoms with Crippen LogP contribution < -0.4 is 5.32 Å². The number of rotatable bonds is 5. The van der Waals surface area contributed by atoms with Crippen molar-refractivity contribution in [2.24, 2.45) is 11.8 Å². The van der Waals surface area contributed by atoms with Crippen LogP contribution in [0, 0.1) is 18.8 Å². The predicted molar refractivity (Wildman–Crippen MR) is 66.5 cm³/mol. The van der Waals surface area contributed by atoms with Gasteiger partial charge in [0.2, 0.25) is 11.8 Å². The lowest BCUT2D eigenvalue weighted by Gasteiger charge is -2.26. The average molecular weight is 237 g/mol. The van der Waals surface area contributed by atoms with Gasteiger partial charge in [-0.3, -0.25) is 0 Å². The molecule has 1 aliphatic carbocycles. The third kappa shape index (κ3) is 4.11. The van der Waals surface area contributed by atoms with Gasteiger partial charge in [0, 0.05) is 6.92 Å². The molecule has 1 aromatic heterocycles. The Hall–Kier alpha value is -0.900. The van der Waals surface area contributed by atoms with Crippen molar-refractivity contribution < 1.29 is 4.42 Å². The zero-order valence-corrected chi connectivity index (χ0v) is 10.9. The molecule has 1 aliphatic rings. The van der Waals surface area contributed by atoms with Crippen LogP contribution >= 0.6 is 0 Å². The molecule has 0 bridgehead atoms. The number of hydrogen-bond acceptors (Lipinski definition) is 4. The number of aromatic nitrogens is 2. The molecule has 0 saturated heterocycles. The molecule has 96 valence electrons. The molecule has 4 heteroatoms. The quantitative estimate of drug-likeness (QED) is 0.800. The maximum absolute atomic E-state index is 5.31. The standard InChI is InChI=1S/C13H23N3O/c1-10-4-3-5-12(8-10)6-7-14-9-13-16-15-11(2)17-13/h10,12,14H,3-9H2,1-2H3. The Bertz CT molecular complexity index is 337. The van der Waals surface area contributed by atoms with Crippen molar-refractivity contribution in [1.29, 1.82) is 0 Å². The summed E-state index contributed by atoms with van der Waals surface area (Å²) in [5, 5.41) is 11.2. The van der Waals surface area contributed by atoms with Gasteiger partial charge in [0.05, 0.1) is 6.54 Å². The highest BCUT2D eigenvalue weighted by Crippen LogP contribution is 2.30. The summed E-state index contributed by atoms with van der Waals surface area (Å²) < 4.78 is 5.31. The normalized spacial score (nSPS) is 25.1. The maximum Gasteiger partial charge on any atom is 0.230 e. The Morgan fingerprint density at radius 2 is 2.24 bits per heavy atom. The first-order valence-electron chi connectivity index (χ1n) is 6.73. The van der Waals surface area contributed by atoms with Gasteiger partial charge in [-0.1, -0.05) is 26.2 Å². The number of nitrogens with one attached hydrogen (secondary N) is 1. The van der Waals surface area contributed by atoms with E-state index in [0.717, 1.165) is 18.4 Å². The van der Waals surface area contributed by atoms with Crippen molar-refractivity contribution in [3.05, 3.63) is 11.8 Å². The molecule has 1 saturated carbocycles. The lowest BCUT2D eigenvalue weighted by atomic mass is 9.81. The van der Waals surface area contributed by atoms with Crippen LogP contribution in [0.2, 0.25) is 0 Å². The summed E-state index contributed by atoms with van der Waals surface area (Å²) >= 11 is 0. The second-order valence-electron chi connectivity index (χ2n) is 5.32. The summed E-state index contributed by atoms with van der Waals surface area (Å²) in [7, 11) is 0. The first kappa shape index (κ1) is 12.6. The molecule has 0 aliphatic heterocycles. The highest BCUT2D eigenvalue weighted by Gasteiger charge is 2.18. The Kier molecular flexibility index (Phi) is 4.54. The van der Waals surface area contributed by atoms with E-state index >= 15 is 0 Å². The van der Waals surface area contributed by atoms with E-state index in [-0.39, 0.29) is 0 Å². The van der Waals surface area contributed by atoms with Crippen LogP contribution in [-0.2, 0) is 6.54 Å². The lowest BCUT2D eigenvalue weighted by molar-refractivity contribution is 0.266. The fourth-order valence-electron chi connectivity index (χ4n) is 2.73. The van der Waals surface area contributed by atoms with E-state index < -0.39 is 0 Å². The van der Waals surface area contributed by atoms with Gasteiger partial charge in [0.25, 0.3) is 0 Å². The van der Waals surface area contributed by atoms with Crippen LogP contribution in [0.5, 0.6) is 0 Å². The Morgan fingerprint density at radius 3 is 2.94 bits per heavy atom. The summed E-state index contributed by atoms with van der Waals surface area (Å²) in [5.74, 6) is 3.17. The summed E-state index contributed by atoms with van der Waals surface area (Å²) in [6, 6.07) is 0. The van der Waals surface area contributed by atoms with Gasteiger partial charge in [-0.05, 0) is 31.2 Å². The smallest absolute Gasteiger partial charge is 0.230 e. The first-order valence-corrected chi connectivity index (χ1v) is 6.73. The number of hydrogen-bond donors (Lipinski definition) is 1. The third-order valence-electron chi connectivity index (χ3n) is 3.62. The van der Waals surface area contributed by atoms with E-state index in [0.29, 0.717) is 18.3 Å². The zero-order chi connectivity index (χ0) is 12.1. The predicted octanol–water partition coefficient (Wildman–Crippen LogP) is 2.68. The molecule has 0 radical (unpaired) electrons. The van der Waals surface area contributed by atoms with E-state index in [1.165, 1.54) is 32.1 Å². The van der Waals surface area contributed by atoms with Crippen molar-refractivity contribution in [1.82, 2.24) is 15.5 Å². The summed E-state index contributed by atoms with van der Waals surface area (Å²) in [6.45, 7) is 5.95. The van der Waals surface area contributed by atoms with Gasteiger partial charge in [-0.15, -0.1) is 10.2 Å². The van der Waals surface area contributed by atoms with Crippen LogP contribution in [0.25, 0.3) is 0 Å². The van der Waals surface area contributed by atoms with E-state index in [9.17, 15) is 0 Å². The maximum atomic E-state index is 5.31. The fraction of sp³-hybridized carbons (Fsp3) is 0.846. The molecule has 2 unspecified atom stereocenters. The Balaban J connectivity index is 1.59. The minimum absolute atomic E-state index is 0.642. The number of nitrogens with zero attached hydrogens (tertiary/aromatic N) is 2. The molecule has 1 N–H and O–H groups in total.